The number of rotatable bonds is 0. The fourth-order valence-electron chi connectivity index (χ4n) is 2.20. The second-order valence-corrected chi connectivity index (χ2v) is 4.32. The highest BCUT2D eigenvalue weighted by atomic mass is 15.1. The summed E-state index contributed by atoms with van der Waals surface area (Å²) < 4.78 is 0. The molecule has 0 atom stereocenters. The Morgan fingerprint density at radius 1 is 1.00 bits per heavy atom. The van der Waals surface area contributed by atoms with Crippen LogP contribution in [-0.4, -0.2) is 18.5 Å². The SMILES string of the molecule is CN1CCCCCc2ccccc2C1. The van der Waals surface area contributed by atoms with Gasteiger partial charge < -0.3 is 4.90 Å². The van der Waals surface area contributed by atoms with Crippen molar-refractivity contribution in [1.29, 1.82) is 0 Å². The first kappa shape index (κ1) is 9.72. The summed E-state index contributed by atoms with van der Waals surface area (Å²) in [6.45, 7) is 2.37. The van der Waals surface area contributed by atoms with Crippen molar-refractivity contribution in [3.05, 3.63) is 35.4 Å². The first-order valence-electron chi connectivity index (χ1n) is 5.61. The minimum Gasteiger partial charge on any atom is -0.302 e. The summed E-state index contributed by atoms with van der Waals surface area (Å²) in [7, 11) is 2.22. The zero-order valence-electron chi connectivity index (χ0n) is 9.00. The Labute approximate surface area is 86.7 Å². The van der Waals surface area contributed by atoms with Gasteiger partial charge in [0.25, 0.3) is 0 Å². The number of aryl methyl sites for hydroxylation is 1. The van der Waals surface area contributed by atoms with Crippen molar-refractivity contribution in [2.45, 2.75) is 32.2 Å². The maximum absolute atomic E-state index is 2.43. The molecule has 76 valence electrons. The summed E-state index contributed by atoms with van der Waals surface area (Å²) in [5, 5.41) is 0. The van der Waals surface area contributed by atoms with E-state index in [4.69, 9.17) is 0 Å². The lowest BCUT2D eigenvalue weighted by atomic mass is 10.0. The molecule has 0 unspecified atom stereocenters. The summed E-state index contributed by atoms with van der Waals surface area (Å²) in [5.74, 6) is 0. The van der Waals surface area contributed by atoms with Crippen molar-refractivity contribution in [1.82, 2.24) is 4.90 Å². The van der Waals surface area contributed by atoms with E-state index >= 15 is 0 Å². The first-order chi connectivity index (χ1) is 6.86. The highest BCUT2D eigenvalue weighted by Crippen LogP contribution is 2.16. The van der Waals surface area contributed by atoms with E-state index in [1.165, 1.54) is 37.8 Å². The van der Waals surface area contributed by atoms with Gasteiger partial charge in [0, 0.05) is 6.54 Å². The predicted molar refractivity (Wildman–Crippen MR) is 60.3 cm³/mol. The predicted octanol–water partition coefficient (Wildman–Crippen LogP) is 2.84. The van der Waals surface area contributed by atoms with E-state index in [-0.39, 0.29) is 0 Å². The molecule has 1 heteroatoms. The van der Waals surface area contributed by atoms with Crippen LogP contribution in [0.2, 0.25) is 0 Å². The van der Waals surface area contributed by atoms with Gasteiger partial charge in [0.2, 0.25) is 0 Å². The second kappa shape index (κ2) is 4.61. The molecule has 0 fully saturated rings. The Morgan fingerprint density at radius 3 is 2.64 bits per heavy atom. The number of hydrogen-bond donors (Lipinski definition) is 0. The normalized spacial score (nSPS) is 19.2. The van der Waals surface area contributed by atoms with Gasteiger partial charge in [-0.15, -0.1) is 0 Å². The molecule has 1 aliphatic heterocycles. The van der Waals surface area contributed by atoms with E-state index in [0.29, 0.717) is 0 Å². The largest absolute Gasteiger partial charge is 0.302 e. The fraction of sp³-hybridized carbons (Fsp3) is 0.538. The van der Waals surface area contributed by atoms with E-state index in [9.17, 15) is 0 Å². The van der Waals surface area contributed by atoms with Gasteiger partial charge in [-0.3, -0.25) is 0 Å². The van der Waals surface area contributed by atoms with Crippen LogP contribution in [0.15, 0.2) is 24.3 Å². The van der Waals surface area contributed by atoms with Gasteiger partial charge in [0.05, 0.1) is 0 Å². The van der Waals surface area contributed by atoms with Crippen LogP contribution in [0.3, 0.4) is 0 Å². The summed E-state index contributed by atoms with van der Waals surface area (Å²) in [6.07, 6.45) is 5.35. The number of hydrogen-bond acceptors (Lipinski definition) is 1. The molecule has 1 nitrogen and oxygen atoms in total. The molecule has 0 bridgehead atoms. The molecule has 0 radical (unpaired) electrons. The van der Waals surface area contributed by atoms with Gasteiger partial charge in [-0.25, -0.2) is 0 Å². The molecule has 0 saturated carbocycles. The average Bonchev–Trinajstić information content (AvgIpc) is 2.27. The van der Waals surface area contributed by atoms with Crippen LogP contribution in [0, 0.1) is 0 Å². The van der Waals surface area contributed by atoms with Gasteiger partial charge in [-0.05, 0) is 44.0 Å². The van der Waals surface area contributed by atoms with Crippen molar-refractivity contribution >= 4 is 0 Å². The van der Waals surface area contributed by atoms with E-state index in [2.05, 4.69) is 36.2 Å². The third-order valence-electron chi connectivity index (χ3n) is 3.04. The van der Waals surface area contributed by atoms with Gasteiger partial charge in [-0.2, -0.15) is 0 Å². The summed E-state index contributed by atoms with van der Waals surface area (Å²) in [6, 6.07) is 8.88. The van der Waals surface area contributed by atoms with E-state index in [0.717, 1.165) is 6.54 Å². The van der Waals surface area contributed by atoms with Crippen molar-refractivity contribution in [3.8, 4) is 0 Å². The minimum atomic E-state index is 1.12. The van der Waals surface area contributed by atoms with Crippen LogP contribution >= 0.6 is 0 Å². The standard InChI is InChI=1S/C13H19N/c1-14-10-6-2-3-7-12-8-4-5-9-13(12)11-14/h4-5,8-9H,2-3,6-7,10-11H2,1H3. The van der Waals surface area contributed by atoms with Crippen LogP contribution in [-0.2, 0) is 13.0 Å². The molecule has 2 rings (SSSR count). The Kier molecular flexibility index (Phi) is 3.20. The van der Waals surface area contributed by atoms with Crippen molar-refractivity contribution in [2.24, 2.45) is 0 Å². The second-order valence-electron chi connectivity index (χ2n) is 4.32. The van der Waals surface area contributed by atoms with E-state index < -0.39 is 0 Å². The summed E-state index contributed by atoms with van der Waals surface area (Å²) in [5.41, 5.74) is 3.08. The van der Waals surface area contributed by atoms with E-state index in [1.54, 1.807) is 5.56 Å². The number of fused-ring (bicyclic) bond motifs is 1. The Bertz CT molecular complexity index is 293. The fourth-order valence-corrected chi connectivity index (χ4v) is 2.20. The first-order valence-corrected chi connectivity index (χ1v) is 5.61. The lowest BCUT2D eigenvalue weighted by Crippen LogP contribution is -2.18. The van der Waals surface area contributed by atoms with Crippen molar-refractivity contribution < 1.29 is 0 Å². The maximum atomic E-state index is 2.43. The number of benzene rings is 1. The molecule has 1 aliphatic rings. The topological polar surface area (TPSA) is 3.24 Å². The molecular weight excluding hydrogens is 170 g/mol. The summed E-state index contributed by atoms with van der Waals surface area (Å²) >= 11 is 0. The smallest absolute Gasteiger partial charge is 0.0233 e. The molecular formula is C13H19N. The lowest BCUT2D eigenvalue weighted by molar-refractivity contribution is 0.320. The van der Waals surface area contributed by atoms with Gasteiger partial charge >= 0.3 is 0 Å². The van der Waals surface area contributed by atoms with Crippen molar-refractivity contribution in [2.75, 3.05) is 13.6 Å². The molecule has 0 spiro atoms. The van der Waals surface area contributed by atoms with Gasteiger partial charge in [0.15, 0.2) is 0 Å². The van der Waals surface area contributed by atoms with Crippen LogP contribution < -0.4 is 0 Å². The van der Waals surface area contributed by atoms with Gasteiger partial charge in [0.1, 0.15) is 0 Å². The Hall–Kier alpha value is -0.820. The molecule has 14 heavy (non-hydrogen) atoms. The highest BCUT2D eigenvalue weighted by Gasteiger charge is 2.07. The molecule has 1 aromatic carbocycles. The van der Waals surface area contributed by atoms with E-state index in [1.807, 2.05) is 0 Å². The molecule has 0 N–H and O–H groups in total. The van der Waals surface area contributed by atoms with Crippen LogP contribution in [0.1, 0.15) is 30.4 Å². The quantitative estimate of drug-likeness (QED) is 0.606. The van der Waals surface area contributed by atoms with Crippen LogP contribution in [0.5, 0.6) is 0 Å². The average molecular weight is 189 g/mol. The highest BCUT2D eigenvalue weighted by molar-refractivity contribution is 5.27. The maximum Gasteiger partial charge on any atom is 0.0233 e. The third-order valence-corrected chi connectivity index (χ3v) is 3.04. The van der Waals surface area contributed by atoms with Crippen LogP contribution in [0.25, 0.3) is 0 Å². The van der Waals surface area contributed by atoms with Gasteiger partial charge in [-0.1, -0.05) is 30.7 Å². The number of nitrogens with zero attached hydrogens (tertiary/aromatic N) is 1. The zero-order valence-corrected chi connectivity index (χ0v) is 9.00. The molecule has 1 aromatic rings. The van der Waals surface area contributed by atoms with Crippen molar-refractivity contribution in [3.63, 3.8) is 0 Å². The molecule has 0 aliphatic carbocycles. The minimum absolute atomic E-state index is 1.12. The monoisotopic (exact) mass is 189 g/mol. The molecule has 0 saturated heterocycles. The lowest BCUT2D eigenvalue weighted by Gasteiger charge is -2.16. The Morgan fingerprint density at radius 2 is 1.79 bits per heavy atom. The molecule has 0 amide bonds. The summed E-state index contributed by atoms with van der Waals surface area (Å²) in [4.78, 5) is 2.43. The zero-order chi connectivity index (χ0) is 9.80. The Balaban J connectivity index is 2.21. The molecule has 0 aromatic heterocycles. The molecule has 1 heterocycles. The third kappa shape index (κ3) is 2.36. The van der Waals surface area contributed by atoms with Crippen LogP contribution in [0.4, 0.5) is 0 Å².